The fraction of sp³-hybridized carbons (Fsp3) is 0.200. The molecule has 0 radical (unpaired) electrons. The summed E-state index contributed by atoms with van der Waals surface area (Å²) in [4.78, 5) is 16.5. The zero-order valence-electron chi connectivity index (χ0n) is 25.4. The van der Waals surface area contributed by atoms with Gasteiger partial charge in [0, 0.05) is 35.2 Å². The number of rotatable bonds is 15. The van der Waals surface area contributed by atoms with Gasteiger partial charge < -0.3 is 5.11 Å². The van der Waals surface area contributed by atoms with Crippen molar-refractivity contribution in [3.63, 3.8) is 0 Å². The molecule has 0 saturated heterocycles. The molecule has 0 bridgehead atoms. The highest BCUT2D eigenvalue weighted by atomic mass is 79.9. The molecule has 0 atom stereocenters. The Hall–Kier alpha value is -3.94. The number of hydrogen-bond donors (Lipinski definition) is 2. The van der Waals surface area contributed by atoms with Gasteiger partial charge in [-0.3, -0.25) is 4.98 Å². The van der Waals surface area contributed by atoms with Gasteiger partial charge in [0.15, 0.2) is 0 Å². The molecule has 0 aliphatic rings. The van der Waals surface area contributed by atoms with Crippen LogP contribution in [0.3, 0.4) is 0 Å². The molecule has 0 unspecified atom stereocenters. The Morgan fingerprint density at radius 3 is 2.30 bits per heavy atom. The number of nitrogens with zero attached hydrogens (tertiary/aromatic N) is 2. The predicted molar refractivity (Wildman–Crippen MR) is 185 cm³/mol. The van der Waals surface area contributed by atoms with E-state index in [-0.39, 0.29) is 35.0 Å². The molecule has 47 heavy (non-hydrogen) atoms. The summed E-state index contributed by atoms with van der Waals surface area (Å²) in [6, 6.07) is 31.5. The van der Waals surface area contributed by atoms with Crippen LogP contribution in [0.4, 0.5) is 0 Å². The molecular formula is C35H34BrN3O6S2. The fourth-order valence-corrected chi connectivity index (χ4v) is 8.20. The van der Waals surface area contributed by atoms with E-state index in [4.69, 9.17) is 4.98 Å². The number of carbonyl (C=O) groups is 1. The second-order valence-corrected chi connectivity index (χ2v) is 15.6. The zero-order chi connectivity index (χ0) is 33.4. The molecule has 0 saturated carbocycles. The van der Waals surface area contributed by atoms with Crippen LogP contribution >= 0.6 is 15.9 Å². The van der Waals surface area contributed by atoms with Crippen LogP contribution in [-0.2, 0) is 39.4 Å². The van der Waals surface area contributed by atoms with Crippen molar-refractivity contribution in [2.45, 2.75) is 42.0 Å². The van der Waals surface area contributed by atoms with Crippen LogP contribution in [0, 0.1) is 0 Å². The minimum atomic E-state index is -4.23. The van der Waals surface area contributed by atoms with Gasteiger partial charge in [0.2, 0.25) is 20.0 Å². The number of aromatic nitrogens is 1. The lowest BCUT2D eigenvalue weighted by Gasteiger charge is -2.23. The first-order valence-electron chi connectivity index (χ1n) is 15.0. The predicted octanol–water partition coefficient (Wildman–Crippen LogP) is 6.43. The van der Waals surface area contributed by atoms with Crippen LogP contribution in [0.5, 0.6) is 0 Å². The van der Waals surface area contributed by atoms with E-state index in [9.17, 15) is 26.7 Å². The number of hydrogen-bond acceptors (Lipinski definition) is 6. The highest BCUT2D eigenvalue weighted by molar-refractivity contribution is 9.10. The largest absolute Gasteiger partial charge is 0.478 e. The Balaban J connectivity index is 1.30. The van der Waals surface area contributed by atoms with Crippen molar-refractivity contribution in [1.29, 1.82) is 0 Å². The summed E-state index contributed by atoms with van der Waals surface area (Å²) in [6.45, 7) is 0.181. The lowest BCUT2D eigenvalue weighted by Crippen LogP contribution is -2.33. The SMILES string of the molecule is O=C(O)c1ccccc1S(=O)(=O)N(CCCCNS(=O)(=O)c1ccc(Br)cc1)Cc1cccc(CCc2ccc3ccccc3n2)c1. The lowest BCUT2D eigenvalue weighted by atomic mass is 10.0. The summed E-state index contributed by atoms with van der Waals surface area (Å²) in [5.74, 6) is -1.34. The van der Waals surface area contributed by atoms with Crippen LogP contribution in [0.25, 0.3) is 10.9 Å². The maximum atomic E-state index is 13.9. The van der Waals surface area contributed by atoms with Gasteiger partial charge in [0.05, 0.1) is 20.9 Å². The summed E-state index contributed by atoms with van der Waals surface area (Å²) in [5.41, 5.74) is 3.35. The lowest BCUT2D eigenvalue weighted by molar-refractivity contribution is 0.0692. The van der Waals surface area contributed by atoms with E-state index in [0.717, 1.165) is 32.2 Å². The van der Waals surface area contributed by atoms with Gasteiger partial charge in [-0.1, -0.05) is 76.6 Å². The van der Waals surface area contributed by atoms with Crippen molar-refractivity contribution < 1.29 is 26.7 Å². The van der Waals surface area contributed by atoms with Crippen molar-refractivity contribution in [3.05, 3.63) is 136 Å². The van der Waals surface area contributed by atoms with E-state index in [0.29, 0.717) is 25.7 Å². The smallest absolute Gasteiger partial charge is 0.337 e. The third kappa shape index (κ3) is 8.91. The molecule has 0 fully saturated rings. The third-order valence-corrected chi connectivity index (χ3v) is 11.6. The molecule has 0 aliphatic carbocycles. The van der Waals surface area contributed by atoms with Crippen molar-refractivity contribution in [2.75, 3.05) is 13.1 Å². The monoisotopic (exact) mass is 735 g/mol. The fourth-order valence-electron chi connectivity index (χ4n) is 5.22. The molecule has 0 aliphatic heterocycles. The molecule has 1 heterocycles. The Bertz CT molecular complexity index is 2090. The maximum absolute atomic E-state index is 13.9. The van der Waals surface area contributed by atoms with Crippen molar-refractivity contribution in [1.82, 2.24) is 14.0 Å². The van der Waals surface area contributed by atoms with Gasteiger partial charge in [-0.2, -0.15) is 4.31 Å². The number of aromatic carboxylic acids is 1. The average molecular weight is 737 g/mol. The molecule has 0 spiro atoms. The Morgan fingerprint density at radius 1 is 0.787 bits per heavy atom. The first-order chi connectivity index (χ1) is 22.5. The van der Waals surface area contributed by atoms with Gasteiger partial charge in [-0.05, 0) is 85.3 Å². The number of pyridine rings is 1. The van der Waals surface area contributed by atoms with E-state index in [1.807, 2.05) is 54.6 Å². The number of benzene rings is 4. The molecular weight excluding hydrogens is 702 g/mol. The second-order valence-electron chi connectivity index (χ2n) is 11.0. The van der Waals surface area contributed by atoms with Crippen molar-refractivity contribution >= 4 is 52.8 Å². The van der Waals surface area contributed by atoms with Gasteiger partial charge >= 0.3 is 5.97 Å². The number of para-hydroxylation sites is 1. The maximum Gasteiger partial charge on any atom is 0.337 e. The van der Waals surface area contributed by atoms with Crippen LogP contribution in [0.2, 0.25) is 0 Å². The van der Waals surface area contributed by atoms with Gasteiger partial charge in [0.25, 0.3) is 0 Å². The van der Waals surface area contributed by atoms with E-state index in [1.54, 1.807) is 12.1 Å². The van der Waals surface area contributed by atoms with Crippen LogP contribution < -0.4 is 4.72 Å². The summed E-state index contributed by atoms with van der Waals surface area (Å²) in [7, 11) is -7.95. The molecule has 0 amide bonds. The van der Waals surface area contributed by atoms with Crippen molar-refractivity contribution in [2.24, 2.45) is 0 Å². The van der Waals surface area contributed by atoms with Gasteiger partial charge in [-0.25, -0.2) is 26.4 Å². The molecule has 4 aromatic carbocycles. The number of aryl methyl sites for hydroxylation is 2. The Kier molecular flexibility index (Phi) is 11.2. The molecule has 9 nitrogen and oxygen atoms in total. The van der Waals surface area contributed by atoms with E-state index in [2.05, 4.69) is 26.7 Å². The van der Waals surface area contributed by atoms with Crippen LogP contribution in [0.1, 0.15) is 40.0 Å². The number of unbranched alkanes of at least 4 members (excludes halogenated alkanes) is 1. The second kappa shape index (κ2) is 15.3. The number of sulfonamides is 2. The van der Waals surface area contributed by atoms with E-state index >= 15 is 0 Å². The summed E-state index contributed by atoms with van der Waals surface area (Å²) in [6.07, 6.45) is 2.11. The van der Waals surface area contributed by atoms with Crippen LogP contribution in [0.15, 0.2) is 123 Å². The summed E-state index contributed by atoms with van der Waals surface area (Å²) in [5, 5.41) is 10.8. The first-order valence-corrected chi connectivity index (χ1v) is 18.7. The number of fused-ring (bicyclic) bond motifs is 1. The highest BCUT2D eigenvalue weighted by Gasteiger charge is 2.29. The zero-order valence-corrected chi connectivity index (χ0v) is 28.6. The number of carboxylic acid groups (broad SMARTS) is 1. The molecule has 1 aromatic heterocycles. The quantitative estimate of drug-likeness (QED) is 0.118. The van der Waals surface area contributed by atoms with Crippen LogP contribution in [-0.4, -0.2) is 50.3 Å². The number of nitrogens with one attached hydrogen (secondary N) is 1. The minimum absolute atomic E-state index is 0.0168. The average Bonchev–Trinajstić information content (AvgIpc) is 3.07. The Labute approximate surface area is 283 Å². The minimum Gasteiger partial charge on any atom is -0.478 e. The van der Waals surface area contributed by atoms with Crippen molar-refractivity contribution in [3.8, 4) is 0 Å². The van der Waals surface area contributed by atoms with E-state index in [1.165, 1.54) is 40.7 Å². The molecule has 12 heteroatoms. The topological polar surface area (TPSA) is 134 Å². The third-order valence-electron chi connectivity index (χ3n) is 7.66. The molecule has 244 valence electrons. The first kappa shape index (κ1) is 34.4. The standard InChI is InChI=1S/C35H34BrN3O6S2/c36-29-16-20-31(21-17-29)46(42,43)37-22-5-6-23-39(47(44,45)34-13-4-2-11-32(34)35(40)41)25-27-9-7-8-26(24-27)14-18-30-19-15-28-10-1-3-12-33(28)38-30/h1-4,7-13,15-17,19-21,24,37H,5-6,14,18,22-23,25H2,(H,40,41). The molecule has 2 N–H and O–H groups in total. The Morgan fingerprint density at radius 2 is 1.51 bits per heavy atom. The molecule has 5 aromatic rings. The molecule has 5 rings (SSSR count). The number of halogens is 1. The van der Waals surface area contributed by atoms with Gasteiger partial charge in [-0.15, -0.1) is 0 Å². The number of carboxylic acids is 1. The van der Waals surface area contributed by atoms with E-state index < -0.39 is 26.0 Å². The normalized spacial score (nSPS) is 12.0. The summed E-state index contributed by atoms with van der Waals surface area (Å²) < 4.78 is 57.8. The summed E-state index contributed by atoms with van der Waals surface area (Å²) >= 11 is 3.29. The van der Waals surface area contributed by atoms with Gasteiger partial charge in [0.1, 0.15) is 0 Å². The highest BCUT2D eigenvalue weighted by Crippen LogP contribution is 2.24.